The normalized spacial score (nSPS) is 13.2. The molecule has 51 heavy (non-hydrogen) atoms. The van der Waals surface area contributed by atoms with Gasteiger partial charge in [-0.1, -0.05) is 124 Å². The first-order valence-corrected chi connectivity index (χ1v) is 22.7. The third kappa shape index (κ3) is 35.5. The molecular weight excluding hydrogens is 659 g/mol. The molecule has 0 amide bonds. The smallest absolute Gasteiger partial charge is 0.306 e. The Morgan fingerprint density at radius 1 is 0.529 bits per heavy atom. The van der Waals surface area contributed by atoms with Crippen molar-refractivity contribution in [3.63, 3.8) is 0 Å². The fourth-order valence-corrected chi connectivity index (χ4v) is 6.99. The van der Waals surface area contributed by atoms with E-state index in [9.17, 15) is 14.4 Å². The van der Waals surface area contributed by atoms with Gasteiger partial charge in [0.05, 0.1) is 6.61 Å². The van der Waals surface area contributed by atoms with Crippen LogP contribution >= 0.6 is 11.8 Å². The van der Waals surface area contributed by atoms with Crippen LogP contribution < -0.4 is 0 Å². The largest absolute Gasteiger partial charge is 0.465 e. The van der Waals surface area contributed by atoms with Gasteiger partial charge in [-0.3, -0.25) is 14.4 Å². The van der Waals surface area contributed by atoms with E-state index in [4.69, 9.17) is 14.2 Å². The van der Waals surface area contributed by atoms with E-state index in [2.05, 4.69) is 31.9 Å². The number of nitrogens with zero attached hydrogens (tertiary/aromatic N) is 1. The number of hydrogen-bond acceptors (Lipinski definition) is 8. The van der Waals surface area contributed by atoms with Crippen LogP contribution in [0.1, 0.15) is 201 Å². The lowest BCUT2D eigenvalue weighted by Gasteiger charge is -2.18. The van der Waals surface area contributed by atoms with Gasteiger partial charge in [-0.25, -0.2) is 0 Å². The van der Waals surface area contributed by atoms with Crippen LogP contribution in [0.3, 0.4) is 0 Å². The average molecular weight is 742 g/mol. The minimum absolute atomic E-state index is 0.0218. The fraction of sp³-hybridized carbons (Fsp3) is 0.930. The molecule has 302 valence electrons. The Morgan fingerprint density at radius 2 is 0.961 bits per heavy atom. The SMILES string of the molecule is CCCCCCCC(C)COC(=O)CCCCCCCC(CCCCCCCC(=O)OCC(CCCCCCC)SC)OC(=O)CCCN(C)C. The van der Waals surface area contributed by atoms with E-state index < -0.39 is 0 Å². The summed E-state index contributed by atoms with van der Waals surface area (Å²) in [5.41, 5.74) is 0. The Kier molecular flexibility index (Phi) is 36.1. The highest BCUT2D eigenvalue weighted by Gasteiger charge is 2.15. The molecule has 0 aromatic carbocycles. The Balaban J connectivity index is 4.20. The summed E-state index contributed by atoms with van der Waals surface area (Å²) in [4.78, 5) is 39.1. The molecule has 0 radical (unpaired) electrons. The van der Waals surface area contributed by atoms with Gasteiger partial charge in [0.2, 0.25) is 0 Å². The molecule has 7 nitrogen and oxygen atoms in total. The molecule has 0 aliphatic heterocycles. The summed E-state index contributed by atoms with van der Waals surface area (Å²) in [6.45, 7) is 8.63. The van der Waals surface area contributed by atoms with E-state index in [1.54, 1.807) is 0 Å². The van der Waals surface area contributed by atoms with Crippen LogP contribution in [0.4, 0.5) is 0 Å². The lowest BCUT2D eigenvalue weighted by molar-refractivity contribution is -0.150. The zero-order valence-corrected chi connectivity index (χ0v) is 35.3. The first-order valence-electron chi connectivity index (χ1n) is 21.4. The molecule has 0 N–H and O–H groups in total. The van der Waals surface area contributed by atoms with Crippen molar-refractivity contribution in [1.82, 2.24) is 4.90 Å². The molecule has 0 aliphatic carbocycles. The molecule has 3 atom stereocenters. The van der Waals surface area contributed by atoms with Crippen LogP contribution in [-0.4, -0.2) is 74.3 Å². The first-order chi connectivity index (χ1) is 24.7. The summed E-state index contributed by atoms with van der Waals surface area (Å²) < 4.78 is 17.1. The summed E-state index contributed by atoms with van der Waals surface area (Å²) in [7, 11) is 4.05. The topological polar surface area (TPSA) is 82.1 Å². The molecule has 0 aromatic heterocycles. The van der Waals surface area contributed by atoms with E-state index in [1.165, 1.54) is 64.2 Å². The number of ether oxygens (including phenoxy) is 3. The predicted octanol–water partition coefficient (Wildman–Crippen LogP) is 11.9. The van der Waals surface area contributed by atoms with Crippen molar-refractivity contribution in [2.24, 2.45) is 5.92 Å². The maximum atomic E-state index is 12.6. The maximum absolute atomic E-state index is 12.6. The summed E-state index contributed by atoms with van der Waals surface area (Å²) in [5.74, 6) is 0.246. The molecular formula is C43H83NO6S. The maximum Gasteiger partial charge on any atom is 0.306 e. The molecule has 0 rings (SSSR count). The number of unbranched alkanes of at least 4 members (excludes halogenated alkanes) is 16. The zero-order valence-electron chi connectivity index (χ0n) is 34.5. The highest BCUT2D eigenvalue weighted by Crippen LogP contribution is 2.20. The molecule has 0 aliphatic rings. The second-order valence-electron chi connectivity index (χ2n) is 15.4. The molecule has 0 aromatic rings. The Labute approximate surface area is 320 Å². The van der Waals surface area contributed by atoms with Gasteiger partial charge in [-0.05, 0) is 90.6 Å². The Hall–Kier alpha value is -1.28. The minimum atomic E-state index is -0.0788. The van der Waals surface area contributed by atoms with Gasteiger partial charge in [0.15, 0.2) is 0 Å². The molecule has 8 heteroatoms. The molecule has 0 saturated carbocycles. The number of thioether (sulfide) groups is 1. The van der Waals surface area contributed by atoms with Crippen LogP contribution in [0.5, 0.6) is 0 Å². The van der Waals surface area contributed by atoms with Gasteiger partial charge in [0.25, 0.3) is 0 Å². The van der Waals surface area contributed by atoms with E-state index in [0.717, 1.165) is 103 Å². The molecule has 0 bridgehead atoms. The molecule has 3 unspecified atom stereocenters. The first kappa shape index (κ1) is 49.7. The van der Waals surface area contributed by atoms with Crippen molar-refractivity contribution in [3.05, 3.63) is 0 Å². The van der Waals surface area contributed by atoms with Crippen LogP contribution in [-0.2, 0) is 28.6 Å². The molecule has 0 fully saturated rings. The van der Waals surface area contributed by atoms with Crippen molar-refractivity contribution in [2.45, 2.75) is 212 Å². The highest BCUT2D eigenvalue weighted by atomic mass is 32.2. The van der Waals surface area contributed by atoms with Crippen molar-refractivity contribution in [3.8, 4) is 0 Å². The number of rotatable bonds is 38. The van der Waals surface area contributed by atoms with Crippen LogP contribution in [0.15, 0.2) is 0 Å². The Bertz CT molecular complexity index is 809. The monoisotopic (exact) mass is 742 g/mol. The van der Waals surface area contributed by atoms with Crippen LogP contribution in [0.25, 0.3) is 0 Å². The standard InChI is InChI=1S/C43H83NO6S/c1-7-9-11-15-21-28-38(3)36-48-41(45)32-25-19-13-17-22-29-39(50-43(47)34-27-35-44(4)5)30-23-18-14-20-26-33-42(46)49-37-40(51-6)31-24-16-12-10-8-2/h38-40H,7-37H2,1-6H3. The molecule has 0 saturated heterocycles. The van der Waals surface area contributed by atoms with Gasteiger partial charge in [0.1, 0.15) is 12.7 Å². The van der Waals surface area contributed by atoms with E-state index in [0.29, 0.717) is 43.6 Å². The summed E-state index contributed by atoms with van der Waals surface area (Å²) >= 11 is 1.81. The van der Waals surface area contributed by atoms with Crippen molar-refractivity contribution in [1.29, 1.82) is 0 Å². The third-order valence-corrected chi connectivity index (χ3v) is 10.9. The third-order valence-electron chi connectivity index (χ3n) is 9.82. The van der Waals surface area contributed by atoms with Crippen LogP contribution in [0.2, 0.25) is 0 Å². The molecule has 0 heterocycles. The fourth-order valence-electron chi connectivity index (χ4n) is 6.38. The summed E-state index contributed by atoms with van der Waals surface area (Å²) in [5, 5.41) is 0.412. The predicted molar refractivity (Wildman–Crippen MR) is 217 cm³/mol. The second-order valence-corrected chi connectivity index (χ2v) is 16.5. The summed E-state index contributed by atoms with van der Waals surface area (Å²) in [6.07, 6.45) is 31.5. The zero-order chi connectivity index (χ0) is 37.8. The second kappa shape index (κ2) is 37.1. The van der Waals surface area contributed by atoms with Gasteiger partial charge in [-0.15, -0.1) is 0 Å². The van der Waals surface area contributed by atoms with E-state index >= 15 is 0 Å². The number of hydrogen-bond donors (Lipinski definition) is 0. The van der Waals surface area contributed by atoms with Gasteiger partial charge in [-0.2, -0.15) is 11.8 Å². The lowest BCUT2D eigenvalue weighted by atomic mass is 10.0. The van der Waals surface area contributed by atoms with Crippen molar-refractivity contribution in [2.75, 3.05) is 40.1 Å². The summed E-state index contributed by atoms with van der Waals surface area (Å²) in [6, 6.07) is 0. The van der Waals surface area contributed by atoms with Gasteiger partial charge in [0, 0.05) is 24.5 Å². The number of carbonyl (C=O) groups excluding carboxylic acids is 3. The minimum Gasteiger partial charge on any atom is -0.465 e. The van der Waals surface area contributed by atoms with Gasteiger partial charge < -0.3 is 19.1 Å². The highest BCUT2D eigenvalue weighted by molar-refractivity contribution is 7.99. The molecule has 0 spiro atoms. The Morgan fingerprint density at radius 3 is 1.47 bits per heavy atom. The van der Waals surface area contributed by atoms with E-state index in [1.807, 2.05) is 25.9 Å². The average Bonchev–Trinajstić information content (AvgIpc) is 3.10. The van der Waals surface area contributed by atoms with E-state index in [-0.39, 0.29) is 24.0 Å². The lowest BCUT2D eigenvalue weighted by Crippen LogP contribution is -2.20. The van der Waals surface area contributed by atoms with Crippen molar-refractivity contribution >= 4 is 29.7 Å². The quantitative estimate of drug-likeness (QED) is 0.0351. The van der Waals surface area contributed by atoms with Crippen LogP contribution in [0, 0.1) is 5.92 Å². The number of carbonyl (C=O) groups is 3. The van der Waals surface area contributed by atoms with Crippen molar-refractivity contribution < 1.29 is 28.6 Å². The van der Waals surface area contributed by atoms with Gasteiger partial charge >= 0.3 is 17.9 Å². The number of esters is 3.